The van der Waals surface area contributed by atoms with E-state index in [-0.39, 0.29) is 39.5 Å². The third kappa shape index (κ3) is 25.1. The van der Waals surface area contributed by atoms with Gasteiger partial charge in [-0.15, -0.1) is 0 Å². The normalized spacial score (nSPS) is 23.5. The Hall–Kier alpha value is -7.09. The average molecular weight is 1720 g/mol. The number of piperidine rings is 2. The summed E-state index contributed by atoms with van der Waals surface area (Å²) in [7, 11) is 1.34. The van der Waals surface area contributed by atoms with Crippen molar-refractivity contribution in [2.24, 2.45) is 0 Å². The minimum absolute atomic E-state index is 0.155. The zero-order valence-electron chi connectivity index (χ0n) is 81.0. The van der Waals surface area contributed by atoms with Crippen LogP contribution in [0.4, 0.5) is 5.69 Å². The van der Waals surface area contributed by atoms with E-state index < -0.39 is 10.0 Å². The predicted octanol–water partition coefficient (Wildman–Crippen LogP) is 22.3. The first-order valence-electron chi connectivity index (χ1n) is 48.3. The van der Waals surface area contributed by atoms with Gasteiger partial charge < -0.3 is 19.6 Å². The summed E-state index contributed by atoms with van der Waals surface area (Å²) in [5, 5.41) is 0. The third-order valence-electron chi connectivity index (χ3n) is 28.9. The Morgan fingerprint density at radius 2 is 0.712 bits per heavy atom. The van der Waals surface area contributed by atoms with E-state index in [2.05, 4.69) is 327 Å². The summed E-state index contributed by atoms with van der Waals surface area (Å²) in [6.45, 7) is 54.3. The van der Waals surface area contributed by atoms with Gasteiger partial charge in [0.25, 0.3) is 0 Å². The maximum absolute atomic E-state index is 11.7. The molecule has 2 amide bonds. The van der Waals surface area contributed by atoms with Crippen molar-refractivity contribution in [2.75, 3.05) is 123 Å². The molecule has 6 aromatic carbocycles. The van der Waals surface area contributed by atoms with Crippen LogP contribution in [0.15, 0.2) is 170 Å². The zero-order chi connectivity index (χ0) is 89.8. The van der Waals surface area contributed by atoms with E-state index in [1.807, 2.05) is 9.80 Å². The number of carbonyl (C=O) groups is 2. The molecule has 15 nitrogen and oxygen atoms in total. The van der Waals surface area contributed by atoms with Gasteiger partial charge in [-0.05, 0) is 344 Å². The molecule has 0 spiro atoms. The topological polar surface area (TPSA) is 104 Å². The molecule has 6 aromatic rings. The first kappa shape index (κ1) is 97.0. The molecule has 0 aromatic heterocycles. The van der Waals surface area contributed by atoms with Crippen molar-refractivity contribution >= 4 is 44.2 Å². The largest absolute Gasteiger partial charge is 0.370 e. The standard InChI is InChI=1S/C26H34N2.C21H35N3.C21H32N2O.C21H30N2O.C20H30N2O2S/c1-26(2,3)28-17-9-14-25(28)24-13-8-7-12-23(24)22-15-18-27(19-16-22)20-21-10-5-4-6-11-21;1-21(2,3)24-15-9-13-20(24)18-11-6-7-12-19(18)23-14-8-10-17(16-23)22(4)5;2*1-16(24)22-14-11-17(12-15-22)18-8-5-6-9-19(18)20-10-7-13-23(20)21(2,3)4;1-20(2,3)22-13-7-10-19(22)18-9-6-5-8-17(18)16-11-14-21(15-12-16)25(4,23)24/h4-8,10-13,15,25H,9,14,16-20H2,1-3H3;6-7,11-12,17,20H,8-10,13-16H2,1-5H3;5-6,8-9,17,20H,7,10-15H2,1-4H3;5-6,8-9,11,20H,7,10,12-15H2,1-4H3;5-6,8-9,11,19H,7,10,12-15H2,1-4H3/t25-;;2*20-;/m1.11./s1. The second-order valence-electron chi connectivity index (χ2n) is 42.8. The van der Waals surface area contributed by atoms with Gasteiger partial charge in [0.05, 0.1) is 6.26 Å². The molecule has 0 radical (unpaired) electrons. The molecule has 682 valence electrons. The molecule has 10 heterocycles. The summed E-state index contributed by atoms with van der Waals surface area (Å²) in [5.74, 6) is 0.990. The molecule has 0 bridgehead atoms. The highest BCUT2D eigenvalue weighted by Crippen LogP contribution is 2.48. The Labute approximate surface area is 758 Å². The van der Waals surface area contributed by atoms with E-state index in [4.69, 9.17) is 0 Å². The Kier molecular flexibility index (Phi) is 33.1. The SMILES string of the molecule is CC(=O)N1CC=C(c2ccccc2[C@H]2CCCN2C(C)(C)C)CC1.CC(=O)N1CCC(c2ccccc2[C@H]2CCCN2C(C)(C)C)CC1.CC(C)(C)N1CCCC1c1ccccc1C1=CCN(S(C)(=O)=O)CC1.CC(C)(C)N1CCC[C@@H]1c1ccccc1C1=CCN(Cc2ccccc2)CC1.CN(C)C1CCCN(c2ccccc2C2CCCN2C(C)(C)C)C1. The third-order valence-corrected chi connectivity index (χ3v) is 30.2. The lowest BCUT2D eigenvalue weighted by atomic mass is 9.83. The average Bonchev–Trinajstić information content (AvgIpc) is 1.75. The summed E-state index contributed by atoms with van der Waals surface area (Å²) in [6.07, 6.45) is 28.5. The number of rotatable bonds is 14. The van der Waals surface area contributed by atoms with E-state index in [0.717, 1.165) is 91.0 Å². The number of benzene rings is 6. The van der Waals surface area contributed by atoms with Crippen molar-refractivity contribution < 1.29 is 18.0 Å². The van der Waals surface area contributed by atoms with Crippen molar-refractivity contribution in [3.05, 3.63) is 226 Å². The first-order chi connectivity index (χ1) is 59.3. The van der Waals surface area contributed by atoms with Crippen LogP contribution in [0, 0.1) is 0 Å². The minimum Gasteiger partial charge on any atom is -0.370 e. The molecular weight excluding hydrogens is 1560 g/mol. The second-order valence-corrected chi connectivity index (χ2v) is 44.8. The molecule has 16 rings (SSSR count). The highest BCUT2D eigenvalue weighted by molar-refractivity contribution is 7.88. The lowest BCUT2D eigenvalue weighted by molar-refractivity contribution is -0.130. The fraction of sp³-hybridized carbons (Fsp3) is 0.596. The summed E-state index contributed by atoms with van der Waals surface area (Å²) in [6, 6.07) is 59.1. The lowest BCUT2D eigenvalue weighted by Crippen LogP contribution is -2.46. The van der Waals surface area contributed by atoms with Crippen LogP contribution in [0.5, 0.6) is 0 Å². The Morgan fingerprint density at radius 1 is 0.360 bits per heavy atom. The fourth-order valence-electron chi connectivity index (χ4n) is 22.4. The molecule has 125 heavy (non-hydrogen) atoms. The first-order valence-corrected chi connectivity index (χ1v) is 50.2. The highest BCUT2D eigenvalue weighted by Gasteiger charge is 2.42. The Bertz CT molecular complexity index is 4720. The number of para-hydroxylation sites is 1. The van der Waals surface area contributed by atoms with Gasteiger partial charge in [0.2, 0.25) is 21.8 Å². The van der Waals surface area contributed by atoms with Gasteiger partial charge in [-0.2, -0.15) is 4.31 Å². The number of carbonyl (C=O) groups excluding carboxylic acids is 2. The van der Waals surface area contributed by atoms with Gasteiger partial charge in [0.15, 0.2) is 0 Å². The van der Waals surface area contributed by atoms with Gasteiger partial charge in [-0.25, -0.2) is 8.42 Å². The van der Waals surface area contributed by atoms with E-state index in [1.54, 1.807) is 29.3 Å². The summed E-state index contributed by atoms with van der Waals surface area (Å²) in [5.41, 5.74) is 21.3. The molecule has 0 aliphatic carbocycles. The molecule has 7 fully saturated rings. The Balaban J connectivity index is 0.000000142. The quantitative estimate of drug-likeness (QED) is 0.104. The van der Waals surface area contributed by atoms with Crippen molar-refractivity contribution in [2.45, 2.75) is 303 Å². The van der Waals surface area contributed by atoms with Crippen LogP contribution in [0.25, 0.3) is 16.7 Å². The van der Waals surface area contributed by atoms with Gasteiger partial charge in [-0.3, -0.25) is 39.0 Å². The number of anilines is 1. The molecule has 3 unspecified atom stereocenters. The molecule has 6 atom stereocenters. The smallest absolute Gasteiger partial charge is 0.219 e. The van der Waals surface area contributed by atoms with E-state index in [9.17, 15) is 18.0 Å². The highest BCUT2D eigenvalue weighted by atomic mass is 32.2. The van der Waals surface area contributed by atoms with Crippen molar-refractivity contribution in [3.8, 4) is 0 Å². The van der Waals surface area contributed by atoms with Gasteiger partial charge >= 0.3 is 0 Å². The molecule has 0 saturated carbocycles. The molecule has 0 N–H and O–H groups in total. The number of hydrogen-bond donors (Lipinski definition) is 0. The van der Waals surface area contributed by atoms with Crippen LogP contribution in [0.3, 0.4) is 0 Å². The van der Waals surface area contributed by atoms with Crippen LogP contribution in [0.1, 0.15) is 319 Å². The minimum atomic E-state index is -3.10. The van der Waals surface area contributed by atoms with Crippen molar-refractivity contribution in [1.82, 2.24) is 48.4 Å². The van der Waals surface area contributed by atoms with Crippen LogP contribution >= 0.6 is 0 Å². The van der Waals surface area contributed by atoms with Gasteiger partial charge in [0.1, 0.15) is 0 Å². The van der Waals surface area contributed by atoms with E-state index in [0.29, 0.717) is 55.3 Å². The maximum atomic E-state index is 11.7. The zero-order valence-corrected chi connectivity index (χ0v) is 81.8. The van der Waals surface area contributed by atoms with Crippen LogP contribution in [0.2, 0.25) is 0 Å². The van der Waals surface area contributed by atoms with Gasteiger partial charge in [0, 0.05) is 155 Å². The molecule has 10 aliphatic heterocycles. The molecule has 10 aliphatic rings. The van der Waals surface area contributed by atoms with Gasteiger partial charge in [-0.1, -0.05) is 164 Å². The number of hydrogen-bond acceptors (Lipinski definition) is 12. The predicted molar refractivity (Wildman–Crippen MR) is 526 cm³/mol. The second kappa shape index (κ2) is 42.6. The monoisotopic (exact) mass is 1720 g/mol. The number of likely N-dealkylation sites (N-methyl/N-ethyl adjacent to an activating group) is 1. The lowest BCUT2D eigenvalue weighted by Gasteiger charge is -2.41. The van der Waals surface area contributed by atoms with Crippen LogP contribution < -0.4 is 4.90 Å². The number of amides is 2. The maximum Gasteiger partial charge on any atom is 0.219 e. The molecular formula is C109H161N11O4S. The van der Waals surface area contributed by atoms with Crippen LogP contribution in [-0.4, -0.2) is 221 Å². The number of nitrogens with zero attached hydrogens (tertiary/aromatic N) is 11. The molecule has 7 saturated heterocycles. The van der Waals surface area contributed by atoms with E-state index in [1.165, 1.54) is 183 Å². The van der Waals surface area contributed by atoms with Crippen molar-refractivity contribution in [1.29, 1.82) is 0 Å². The van der Waals surface area contributed by atoms with E-state index >= 15 is 0 Å². The summed E-state index contributed by atoms with van der Waals surface area (Å²) >= 11 is 0. The molecule has 16 heteroatoms. The Morgan fingerprint density at radius 3 is 1.09 bits per heavy atom. The fourth-order valence-corrected chi connectivity index (χ4v) is 23.2. The summed E-state index contributed by atoms with van der Waals surface area (Å²) < 4.78 is 25.0. The van der Waals surface area contributed by atoms with Crippen LogP contribution in [-0.2, 0) is 26.2 Å². The number of likely N-dealkylation sites (tertiary alicyclic amines) is 6. The number of sulfonamides is 1. The van der Waals surface area contributed by atoms with Crippen molar-refractivity contribution in [3.63, 3.8) is 0 Å². The summed E-state index contributed by atoms with van der Waals surface area (Å²) in [4.78, 5) is 48.0.